The molecule has 0 bridgehead atoms. The molecule has 2 N–H and O–H groups in total. The van der Waals surface area contributed by atoms with E-state index in [-0.39, 0.29) is 24.4 Å². The highest BCUT2D eigenvalue weighted by molar-refractivity contribution is 5.85. The lowest BCUT2D eigenvalue weighted by Crippen LogP contribution is -2.47. The third-order valence-corrected chi connectivity index (χ3v) is 5.95. The number of hydrogen-bond donors (Lipinski definition) is 2. The number of H-pyrrole nitrogens is 1. The van der Waals surface area contributed by atoms with Crippen LogP contribution < -0.4 is 5.32 Å². The van der Waals surface area contributed by atoms with E-state index in [4.69, 9.17) is 0 Å². The van der Waals surface area contributed by atoms with Crippen molar-refractivity contribution in [2.24, 2.45) is 11.8 Å². The first-order chi connectivity index (χ1) is 12.7. The second-order valence-corrected chi connectivity index (χ2v) is 8.03. The summed E-state index contributed by atoms with van der Waals surface area (Å²) >= 11 is 0. The standard InChI is InChI=1S/C19H29N5O2/c25-18(13-24-9-3-1-2-4-19(24)26)22-16-11-23(10-15(16)14-5-6-14)12-17-20-7-8-21-17/h7-8,14-16H,1-6,9-13H2,(H,20,21)(H,22,25)/t15-,16+/m1/s1. The van der Waals surface area contributed by atoms with Crippen molar-refractivity contribution >= 4 is 11.8 Å². The molecule has 0 aromatic carbocycles. The molecule has 7 nitrogen and oxygen atoms in total. The highest BCUT2D eigenvalue weighted by Crippen LogP contribution is 2.41. The number of carbonyl (C=O) groups is 2. The number of likely N-dealkylation sites (tertiary alicyclic amines) is 2. The summed E-state index contributed by atoms with van der Waals surface area (Å²) in [5, 5.41) is 3.24. The van der Waals surface area contributed by atoms with Crippen molar-refractivity contribution in [2.45, 2.75) is 51.1 Å². The normalized spacial score (nSPS) is 27.5. The maximum atomic E-state index is 12.6. The van der Waals surface area contributed by atoms with Gasteiger partial charge in [-0.25, -0.2) is 4.98 Å². The molecule has 26 heavy (non-hydrogen) atoms. The molecule has 1 aromatic rings. The minimum Gasteiger partial charge on any atom is -0.350 e. The topological polar surface area (TPSA) is 81.3 Å². The summed E-state index contributed by atoms with van der Waals surface area (Å²) in [7, 11) is 0. The van der Waals surface area contributed by atoms with E-state index in [1.165, 1.54) is 12.8 Å². The van der Waals surface area contributed by atoms with Gasteiger partial charge in [0.2, 0.25) is 11.8 Å². The Morgan fingerprint density at radius 1 is 1.27 bits per heavy atom. The Morgan fingerprint density at radius 3 is 2.92 bits per heavy atom. The fourth-order valence-corrected chi connectivity index (χ4v) is 4.42. The number of amides is 2. The third-order valence-electron chi connectivity index (χ3n) is 5.95. The molecule has 3 heterocycles. The van der Waals surface area contributed by atoms with Crippen LogP contribution in [-0.2, 0) is 16.1 Å². The number of aromatic amines is 1. The predicted molar refractivity (Wildman–Crippen MR) is 97.1 cm³/mol. The van der Waals surface area contributed by atoms with Crippen LogP contribution in [0.2, 0.25) is 0 Å². The molecule has 2 aliphatic heterocycles. The fraction of sp³-hybridized carbons (Fsp3) is 0.737. The first-order valence-electron chi connectivity index (χ1n) is 9.97. The van der Waals surface area contributed by atoms with E-state index in [1.807, 2.05) is 6.20 Å². The van der Waals surface area contributed by atoms with Gasteiger partial charge in [0.25, 0.3) is 0 Å². The Hall–Kier alpha value is -1.89. The Labute approximate surface area is 154 Å². The van der Waals surface area contributed by atoms with Gasteiger partial charge in [0.05, 0.1) is 13.1 Å². The van der Waals surface area contributed by atoms with E-state index in [9.17, 15) is 9.59 Å². The van der Waals surface area contributed by atoms with Crippen LogP contribution in [0.15, 0.2) is 12.4 Å². The predicted octanol–water partition coefficient (Wildman–Crippen LogP) is 1.14. The summed E-state index contributed by atoms with van der Waals surface area (Å²) in [6, 6.07) is 0.187. The average Bonchev–Trinajstić information content (AvgIpc) is 3.26. The van der Waals surface area contributed by atoms with E-state index >= 15 is 0 Å². The minimum atomic E-state index is -0.00394. The van der Waals surface area contributed by atoms with Crippen LogP contribution in [0.5, 0.6) is 0 Å². The summed E-state index contributed by atoms with van der Waals surface area (Å²) in [4.78, 5) is 36.3. The highest BCUT2D eigenvalue weighted by Gasteiger charge is 2.43. The van der Waals surface area contributed by atoms with Crippen LogP contribution in [0.25, 0.3) is 0 Å². The fourth-order valence-electron chi connectivity index (χ4n) is 4.42. The number of aromatic nitrogens is 2. The molecule has 142 valence electrons. The van der Waals surface area contributed by atoms with Gasteiger partial charge >= 0.3 is 0 Å². The number of imidazole rings is 1. The van der Waals surface area contributed by atoms with Crippen molar-refractivity contribution in [3.8, 4) is 0 Å². The van der Waals surface area contributed by atoms with Crippen molar-refractivity contribution in [3.05, 3.63) is 18.2 Å². The van der Waals surface area contributed by atoms with Gasteiger partial charge in [0.1, 0.15) is 5.82 Å². The van der Waals surface area contributed by atoms with E-state index in [2.05, 4.69) is 20.2 Å². The Kier molecular flexibility index (Phi) is 5.24. The first kappa shape index (κ1) is 17.5. The molecule has 2 atom stereocenters. The summed E-state index contributed by atoms with van der Waals surface area (Å²) in [5.74, 6) is 2.36. The molecule has 3 aliphatic rings. The maximum absolute atomic E-state index is 12.6. The highest BCUT2D eigenvalue weighted by atomic mass is 16.2. The number of carbonyl (C=O) groups excluding carboxylic acids is 2. The molecular weight excluding hydrogens is 330 g/mol. The minimum absolute atomic E-state index is 0.00394. The number of rotatable bonds is 6. The van der Waals surface area contributed by atoms with Gasteiger partial charge in [0, 0.05) is 44.5 Å². The molecule has 3 fully saturated rings. The second kappa shape index (κ2) is 7.78. The number of nitrogens with zero attached hydrogens (tertiary/aromatic N) is 3. The lowest BCUT2D eigenvalue weighted by atomic mass is 9.98. The molecule has 2 amide bonds. The van der Waals surface area contributed by atoms with Crippen molar-refractivity contribution in [3.63, 3.8) is 0 Å². The average molecular weight is 359 g/mol. The molecule has 1 aromatic heterocycles. The van der Waals surface area contributed by atoms with Crippen molar-refractivity contribution < 1.29 is 9.59 Å². The summed E-state index contributed by atoms with van der Waals surface area (Å²) in [6.07, 6.45) is 9.79. The van der Waals surface area contributed by atoms with Crippen molar-refractivity contribution in [2.75, 3.05) is 26.2 Å². The largest absolute Gasteiger partial charge is 0.350 e. The molecule has 0 spiro atoms. The van der Waals surface area contributed by atoms with E-state index in [0.717, 1.165) is 50.6 Å². The van der Waals surface area contributed by atoms with Gasteiger partial charge in [-0.15, -0.1) is 0 Å². The van der Waals surface area contributed by atoms with Crippen molar-refractivity contribution in [1.29, 1.82) is 0 Å². The summed E-state index contributed by atoms with van der Waals surface area (Å²) < 4.78 is 0. The van der Waals surface area contributed by atoms with Gasteiger partial charge in [-0.05, 0) is 37.5 Å². The van der Waals surface area contributed by atoms with Gasteiger partial charge in [-0.2, -0.15) is 0 Å². The molecule has 2 saturated heterocycles. The zero-order valence-corrected chi connectivity index (χ0v) is 15.3. The Balaban J connectivity index is 1.33. The maximum Gasteiger partial charge on any atom is 0.239 e. The number of nitrogens with one attached hydrogen (secondary N) is 2. The van der Waals surface area contributed by atoms with Crippen LogP contribution in [-0.4, -0.2) is 63.8 Å². The van der Waals surface area contributed by atoms with Crippen LogP contribution in [0, 0.1) is 11.8 Å². The molecule has 7 heteroatoms. The Morgan fingerprint density at radius 2 is 2.15 bits per heavy atom. The van der Waals surface area contributed by atoms with Crippen molar-refractivity contribution in [1.82, 2.24) is 25.1 Å². The van der Waals surface area contributed by atoms with Gasteiger partial charge < -0.3 is 15.2 Å². The summed E-state index contributed by atoms with van der Waals surface area (Å²) in [5.41, 5.74) is 0. The molecule has 1 aliphatic carbocycles. The van der Waals surface area contributed by atoms with Crippen LogP contribution in [0.1, 0.15) is 44.3 Å². The molecular formula is C19H29N5O2. The lowest BCUT2D eigenvalue weighted by molar-refractivity contribution is -0.135. The van der Waals surface area contributed by atoms with E-state index in [0.29, 0.717) is 18.9 Å². The van der Waals surface area contributed by atoms with E-state index in [1.54, 1.807) is 11.1 Å². The lowest BCUT2D eigenvalue weighted by Gasteiger charge is -2.23. The quantitative estimate of drug-likeness (QED) is 0.798. The summed E-state index contributed by atoms with van der Waals surface area (Å²) in [6.45, 7) is 3.60. The zero-order valence-electron chi connectivity index (χ0n) is 15.3. The smallest absolute Gasteiger partial charge is 0.239 e. The molecule has 4 rings (SSSR count). The molecule has 1 saturated carbocycles. The second-order valence-electron chi connectivity index (χ2n) is 8.03. The first-order valence-corrected chi connectivity index (χ1v) is 9.97. The SMILES string of the molecule is O=C(CN1CCCCCC1=O)N[C@H]1CN(Cc2ncc[nH]2)C[C@@H]1C1CC1. The van der Waals surface area contributed by atoms with E-state index < -0.39 is 0 Å². The third kappa shape index (κ3) is 4.26. The molecule has 0 unspecified atom stereocenters. The van der Waals surface area contributed by atoms with Gasteiger partial charge in [-0.3, -0.25) is 14.5 Å². The molecule has 0 radical (unpaired) electrons. The van der Waals surface area contributed by atoms with Gasteiger partial charge in [0.15, 0.2) is 0 Å². The number of hydrogen-bond acceptors (Lipinski definition) is 4. The monoisotopic (exact) mass is 359 g/mol. The van der Waals surface area contributed by atoms with Gasteiger partial charge in [-0.1, -0.05) is 6.42 Å². The van der Waals surface area contributed by atoms with Crippen LogP contribution in [0.3, 0.4) is 0 Å². The van der Waals surface area contributed by atoms with Crippen LogP contribution >= 0.6 is 0 Å². The zero-order chi connectivity index (χ0) is 17.9. The van der Waals surface area contributed by atoms with Crippen LogP contribution in [0.4, 0.5) is 0 Å². The Bertz CT molecular complexity index is 628.